The van der Waals surface area contributed by atoms with Crippen molar-refractivity contribution in [1.29, 1.82) is 0 Å². The van der Waals surface area contributed by atoms with Gasteiger partial charge in [0, 0.05) is 6.20 Å². The summed E-state index contributed by atoms with van der Waals surface area (Å²) in [6.45, 7) is 3.39. The first-order chi connectivity index (χ1) is 7.52. The van der Waals surface area contributed by atoms with Crippen LogP contribution in [-0.4, -0.2) is 22.0 Å². The van der Waals surface area contributed by atoms with Gasteiger partial charge >= 0.3 is 5.97 Å². The monoisotopic (exact) mass is 222 g/mol. The summed E-state index contributed by atoms with van der Waals surface area (Å²) in [4.78, 5) is 26.4. The van der Waals surface area contributed by atoms with Gasteiger partial charge < -0.3 is 10.4 Å². The molecule has 0 aliphatic carbocycles. The van der Waals surface area contributed by atoms with Crippen LogP contribution in [0.5, 0.6) is 0 Å². The zero-order valence-corrected chi connectivity index (χ0v) is 9.18. The molecule has 86 valence electrons. The van der Waals surface area contributed by atoms with E-state index in [1.54, 1.807) is 32.2 Å². The average Bonchev–Trinajstić information content (AvgIpc) is 2.17. The molecule has 1 atom stereocenters. The van der Waals surface area contributed by atoms with E-state index in [-0.39, 0.29) is 5.92 Å². The molecule has 0 aromatic carbocycles. The highest BCUT2D eigenvalue weighted by molar-refractivity contribution is 6.04. The number of anilines is 1. The van der Waals surface area contributed by atoms with Crippen molar-refractivity contribution in [2.45, 2.75) is 13.8 Å². The van der Waals surface area contributed by atoms with E-state index in [4.69, 9.17) is 5.11 Å². The molecule has 0 bridgehead atoms. The highest BCUT2D eigenvalue weighted by Gasteiger charge is 2.29. The molecule has 0 aliphatic rings. The second kappa shape index (κ2) is 5.25. The highest BCUT2D eigenvalue weighted by atomic mass is 16.4. The Morgan fingerprint density at radius 1 is 1.44 bits per heavy atom. The smallest absolute Gasteiger partial charge is 0.316 e. The number of carboxylic acid groups (broad SMARTS) is 1. The molecule has 5 nitrogen and oxygen atoms in total. The van der Waals surface area contributed by atoms with E-state index in [9.17, 15) is 9.59 Å². The molecule has 0 aliphatic heterocycles. The van der Waals surface area contributed by atoms with Gasteiger partial charge in [-0.1, -0.05) is 13.8 Å². The van der Waals surface area contributed by atoms with Crippen molar-refractivity contribution in [3.63, 3.8) is 0 Å². The Bertz CT molecular complexity index is 376. The number of hydrogen-bond donors (Lipinski definition) is 2. The molecule has 1 rings (SSSR count). The minimum atomic E-state index is -1.11. The minimum Gasteiger partial charge on any atom is -0.481 e. The number of carbonyl (C=O) groups excluding carboxylic acids is 1. The lowest BCUT2D eigenvalue weighted by Crippen LogP contribution is -2.33. The predicted molar refractivity (Wildman–Crippen MR) is 58.8 cm³/mol. The molecule has 1 aromatic heterocycles. The minimum absolute atomic E-state index is 0.255. The summed E-state index contributed by atoms with van der Waals surface area (Å²) in [6, 6.07) is 3.32. The van der Waals surface area contributed by atoms with Crippen molar-refractivity contribution in [2.24, 2.45) is 11.8 Å². The van der Waals surface area contributed by atoms with E-state index in [1.807, 2.05) is 0 Å². The topological polar surface area (TPSA) is 79.3 Å². The lowest BCUT2D eigenvalue weighted by molar-refractivity contribution is -0.147. The van der Waals surface area contributed by atoms with Gasteiger partial charge in [-0.2, -0.15) is 0 Å². The Morgan fingerprint density at radius 3 is 2.56 bits per heavy atom. The molecule has 0 saturated carbocycles. The van der Waals surface area contributed by atoms with Gasteiger partial charge in [0.15, 0.2) is 0 Å². The standard InChI is InChI=1S/C11H14N2O3/c1-7(2)9(11(15)16)10(14)13-8-4-3-5-12-6-8/h3-7,9H,1-2H3,(H,13,14)(H,15,16). The van der Waals surface area contributed by atoms with E-state index >= 15 is 0 Å². The maximum atomic E-state index is 11.7. The van der Waals surface area contributed by atoms with Crippen LogP contribution >= 0.6 is 0 Å². The van der Waals surface area contributed by atoms with Crippen LogP contribution in [0.25, 0.3) is 0 Å². The van der Waals surface area contributed by atoms with E-state index in [0.717, 1.165) is 0 Å². The lowest BCUT2D eigenvalue weighted by atomic mass is 9.95. The summed E-state index contributed by atoms with van der Waals surface area (Å²) >= 11 is 0. The van der Waals surface area contributed by atoms with E-state index in [2.05, 4.69) is 10.3 Å². The number of carbonyl (C=O) groups is 2. The molecule has 1 aromatic rings. The molecule has 2 N–H and O–H groups in total. The van der Waals surface area contributed by atoms with Crippen molar-refractivity contribution in [2.75, 3.05) is 5.32 Å². The van der Waals surface area contributed by atoms with Crippen molar-refractivity contribution >= 4 is 17.6 Å². The maximum absolute atomic E-state index is 11.7. The number of carboxylic acids is 1. The summed E-state index contributed by atoms with van der Waals surface area (Å²) in [7, 11) is 0. The van der Waals surface area contributed by atoms with Gasteiger partial charge in [0.1, 0.15) is 5.92 Å². The quantitative estimate of drug-likeness (QED) is 0.754. The fourth-order valence-electron chi connectivity index (χ4n) is 1.36. The van der Waals surface area contributed by atoms with Gasteiger partial charge in [0.25, 0.3) is 0 Å². The first-order valence-corrected chi connectivity index (χ1v) is 4.96. The third-order valence-electron chi connectivity index (χ3n) is 2.14. The average molecular weight is 222 g/mol. The van der Waals surface area contributed by atoms with Crippen LogP contribution in [0.3, 0.4) is 0 Å². The van der Waals surface area contributed by atoms with Gasteiger partial charge in [-0.15, -0.1) is 0 Å². The Kier molecular flexibility index (Phi) is 3.99. The van der Waals surface area contributed by atoms with Crippen LogP contribution < -0.4 is 5.32 Å². The summed E-state index contributed by atoms with van der Waals surface area (Å²) in [6.07, 6.45) is 3.05. The summed E-state index contributed by atoms with van der Waals surface area (Å²) < 4.78 is 0. The fourth-order valence-corrected chi connectivity index (χ4v) is 1.36. The molecule has 1 heterocycles. The van der Waals surface area contributed by atoms with Gasteiger partial charge in [0.05, 0.1) is 11.9 Å². The van der Waals surface area contributed by atoms with E-state index in [0.29, 0.717) is 5.69 Å². The molecule has 1 amide bonds. The molecular weight excluding hydrogens is 208 g/mol. The number of hydrogen-bond acceptors (Lipinski definition) is 3. The normalized spacial score (nSPS) is 12.2. The fraction of sp³-hybridized carbons (Fsp3) is 0.364. The number of amides is 1. The largest absolute Gasteiger partial charge is 0.481 e. The Hall–Kier alpha value is -1.91. The molecule has 0 spiro atoms. The Labute approximate surface area is 93.5 Å². The second-order valence-electron chi connectivity index (χ2n) is 3.79. The Morgan fingerprint density at radius 2 is 2.12 bits per heavy atom. The molecule has 1 unspecified atom stereocenters. The van der Waals surface area contributed by atoms with Crippen LogP contribution in [0.15, 0.2) is 24.5 Å². The van der Waals surface area contributed by atoms with Crippen LogP contribution in [0.2, 0.25) is 0 Å². The van der Waals surface area contributed by atoms with Crippen LogP contribution in [-0.2, 0) is 9.59 Å². The second-order valence-corrected chi connectivity index (χ2v) is 3.79. The number of rotatable bonds is 4. The summed E-state index contributed by atoms with van der Waals surface area (Å²) in [5.74, 6) is -2.93. The maximum Gasteiger partial charge on any atom is 0.316 e. The first-order valence-electron chi connectivity index (χ1n) is 4.96. The molecule has 5 heteroatoms. The molecule has 0 saturated heterocycles. The highest BCUT2D eigenvalue weighted by Crippen LogP contribution is 2.14. The number of pyridine rings is 1. The first kappa shape index (κ1) is 12.2. The molecular formula is C11H14N2O3. The number of nitrogens with one attached hydrogen (secondary N) is 1. The van der Waals surface area contributed by atoms with Crippen LogP contribution in [0.1, 0.15) is 13.8 Å². The zero-order chi connectivity index (χ0) is 12.1. The van der Waals surface area contributed by atoms with Crippen molar-refractivity contribution in [3.05, 3.63) is 24.5 Å². The summed E-state index contributed by atoms with van der Waals surface area (Å²) in [5.41, 5.74) is 0.499. The number of aromatic nitrogens is 1. The Balaban J connectivity index is 2.74. The van der Waals surface area contributed by atoms with Crippen molar-refractivity contribution in [1.82, 2.24) is 4.98 Å². The molecule has 0 radical (unpaired) electrons. The van der Waals surface area contributed by atoms with E-state index < -0.39 is 17.8 Å². The van der Waals surface area contributed by atoms with Crippen molar-refractivity contribution in [3.8, 4) is 0 Å². The number of nitrogens with zero attached hydrogens (tertiary/aromatic N) is 1. The molecule has 0 fully saturated rings. The lowest BCUT2D eigenvalue weighted by Gasteiger charge is -2.15. The third-order valence-corrected chi connectivity index (χ3v) is 2.14. The third kappa shape index (κ3) is 3.05. The van der Waals surface area contributed by atoms with Crippen LogP contribution in [0, 0.1) is 11.8 Å². The zero-order valence-electron chi connectivity index (χ0n) is 9.18. The predicted octanol–water partition coefficient (Wildman–Crippen LogP) is 1.38. The molecule has 16 heavy (non-hydrogen) atoms. The van der Waals surface area contributed by atoms with Gasteiger partial charge in [-0.3, -0.25) is 14.6 Å². The van der Waals surface area contributed by atoms with Crippen LogP contribution in [0.4, 0.5) is 5.69 Å². The van der Waals surface area contributed by atoms with E-state index in [1.165, 1.54) is 6.20 Å². The van der Waals surface area contributed by atoms with Crippen molar-refractivity contribution < 1.29 is 14.7 Å². The number of aliphatic carboxylic acids is 1. The van der Waals surface area contributed by atoms with Gasteiger partial charge in [0.2, 0.25) is 5.91 Å². The summed E-state index contributed by atoms with van der Waals surface area (Å²) in [5, 5.41) is 11.4. The SMILES string of the molecule is CC(C)C(C(=O)O)C(=O)Nc1cccnc1. The van der Waals surface area contributed by atoms with Gasteiger partial charge in [-0.05, 0) is 18.1 Å². The van der Waals surface area contributed by atoms with Gasteiger partial charge in [-0.25, -0.2) is 0 Å².